The fourth-order valence-electron chi connectivity index (χ4n) is 3.62. The Labute approximate surface area is 186 Å². The molecular formula is C21H26N4O6S. The summed E-state index contributed by atoms with van der Waals surface area (Å²) in [7, 11) is -2.18. The first-order valence-corrected chi connectivity index (χ1v) is 11.7. The topological polar surface area (TPSA) is 131 Å². The first-order chi connectivity index (χ1) is 15.3. The zero-order chi connectivity index (χ0) is 23.1. The van der Waals surface area contributed by atoms with Gasteiger partial charge in [0.05, 0.1) is 16.9 Å². The number of ether oxygens (including phenoxy) is 1. The van der Waals surface area contributed by atoms with Gasteiger partial charge in [-0.2, -0.15) is 0 Å². The number of methoxy groups -OCH3 is 1. The van der Waals surface area contributed by atoms with Gasteiger partial charge >= 0.3 is 0 Å². The summed E-state index contributed by atoms with van der Waals surface area (Å²) in [6.07, 6.45) is 1.13. The standard InChI is InChI=1S/C21H26N4O6S/c1-31-17-6-8-18(9-7-17)32(29,30)23-13-12-22-21(26)16-10-14-24(15-11-16)19-4-2-3-5-20(19)25(27)28/h2-9,16,23H,10-15H2,1H3,(H,22,26). The quantitative estimate of drug-likeness (QED) is 0.331. The van der Waals surface area contributed by atoms with E-state index in [4.69, 9.17) is 4.74 Å². The lowest BCUT2D eigenvalue weighted by Crippen LogP contribution is -2.42. The molecule has 0 atom stereocenters. The zero-order valence-corrected chi connectivity index (χ0v) is 18.5. The largest absolute Gasteiger partial charge is 0.497 e. The Hall–Kier alpha value is -3.18. The Morgan fingerprint density at radius 3 is 2.41 bits per heavy atom. The van der Waals surface area contributed by atoms with Crippen LogP contribution in [-0.2, 0) is 14.8 Å². The van der Waals surface area contributed by atoms with Gasteiger partial charge in [-0.1, -0.05) is 12.1 Å². The number of anilines is 1. The maximum absolute atomic E-state index is 12.5. The number of sulfonamides is 1. The van der Waals surface area contributed by atoms with Crippen molar-refractivity contribution in [2.75, 3.05) is 38.2 Å². The fraction of sp³-hybridized carbons (Fsp3) is 0.381. The van der Waals surface area contributed by atoms with Crippen LogP contribution in [0.1, 0.15) is 12.8 Å². The van der Waals surface area contributed by atoms with E-state index >= 15 is 0 Å². The molecule has 10 nitrogen and oxygen atoms in total. The van der Waals surface area contributed by atoms with E-state index in [1.54, 1.807) is 30.3 Å². The molecule has 172 valence electrons. The van der Waals surface area contributed by atoms with Crippen LogP contribution in [0.5, 0.6) is 5.75 Å². The summed E-state index contributed by atoms with van der Waals surface area (Å²) in [5.41, 5.74) is 0.615. The lowest BCUT2D eigenvalue weighted by atomic mass is 9.95. The molecule has 3 rings (SSSR count). The predicted molar refractivity (Wildman–Crippen MR) is 119 cm³/mol. The van der Waals surface area contributed by atoms with Crippen LogP contribution in [0.4, 0.5) is 11.4 Å². The van der Waals surface area contributed by atoms with Gasteiger partial charge in [-0.25, -0.2) is 13.1 Å². The second-order valence-electron chi connectivity index (χ2n) is 7.37. The molecule has 0 aliphatic carbocycles. The third-order valence-electron chi connectivity index (χ3n) is 5.37. The van der Waals surface area contributed by atoms with Gasteiger partial charge in [-0.05, 0) is 43.2 Å². The Morgan fingerprint density at radius 1 is 1.12 bits per heavy atom. The summed E-state index contributed by atoms with van der Waals surface area (Å²) >= 11 is 0. The molecule has 0 unspecified atom stereocenters. The first kappa shape index (κ1) is 23.5. The molecule has 32 heavy (non-hydrogen) atoms. The van der Waals surface area contributed by atoms with Crippen LogP contribution in [0.2, 0.25) is 0 Å². The highest BCUT2D eigenvalue weighted by molar-refractivity contribution is 7.89. The van der Waals surface area contributed by atoms with Crippen molar-refractivity contribution in [1.29, 1.82) is 0 Å². The molecule has 11 heteroatoms. The number of rotatable bonds is 9. The minimum Gasteiger partial charge on any atom is -0.497 e. The van der Waals surface area contributed by atoms with Crippen molar-refractivity contribution in [3.63, 3.8) is 0 Å². The molecule has 2 aromatic carbocycles. The number of nitrogens with zero attached hydrogens (tertiary/aromatic N) is 2. The number of carbonyl (C=O) groups is 1. The molecule has 0 saturated carbocycles. The van der Waals surface area contributed by atoms with Crippen molar-refractivity contribution in [2.24, 2.45) is 5.92 Å². The van der Waals surface area contributed by atoms with Gasteiger partial charge in [0.15, 0.2) is 0 Å². The summed E-state index contributed by atoms with van der Waals surface area (Å²) < 4.78 is 32.1. The van der Waals surface area contributed by atoms with Crippen LogP contribution < -0.4 is 19.7 Å². The highest BCUT2D eigenvalue weighted by Crippen LogP contribution is 2.31. The van der Waals surface area contributed by atoms with Crippen molar-refractivity contribution in [3.05, 3.63) is 58.6 Å². The maximum atomic E-state index is 12.5. The van der Waals surface area contributed by atoms with E-state index in [0.29, 0.717) is 37.4 Å². The molecule has 0 radical (unpaired) electrons. The van der Waals surface area contributed by atoms with E-state index in [2.05, 4.69) is 10.0 Å². The van der Waals surface area contributed by atoms with E-state index in [-0.39, 0.29) is 35.5 Å². The van der Waals surface area contributed by atoms with Crippen molar-refractivity contribution in [3.8, 4) is 5.75 Å². The van der Waals surface area contributed by atoms with Crippen LogP contribution in [0.25, 0.3) is 0 Å². The number of amides is 1. The van der Waals surface area contributed by atoms with E-state index in [9.17, 15) is 23.3 Å². The van der Waals surface area contributed by atoms with Crippen molar-refractivity contribution in [2.45, 2.75) is 17.7 Å². The van der Waals surface area contributed by atoms with Crippen LogP contribution in [0.15, 0.2) is 53.4 Å². The van der Waals surface area contributed by atoms with E-state index in [0.717, 1.165) is 0 Å². The number of carbonyl (C=O) groups excluding carboxylic acids is 1. The van der Waals surface area contributed by atoms with E-state index < -0.39 is 14.9 Å². The number of nitro benzene ring substituents is 1. The minimum atomic E-state index is -3.68. The second-order valence-corrected chi connectivity index (χ2v) is 9.14. The Morgan fingerprint density at radius 2 is 1.78 bits per heavy atom. The van der Waals surface area contributed by atoms with Gasteiger partial charge in [-0.3, -0.25) is 14.9 Å². The highest BCUT2D eigenvalue weighted by atomic mass is 32.2. The molecule has 1 aliphatic rings. The summed E-state index contributed by atoms with van der Waals surface area (Å²) in [6, 6.07) is 12.6. The third kappa shape index (κ3) is 5.74. The minimum absolute atomic E-state index is 0.0551. The van der Waals surface area contributed by atoms with Gasteiger partial charge in [0, 0.05) is 38.2 Å². The average Bonchev–Trinajstić information content (AvgIpc) is 2.82. The number of para-hydroxylation sites is 2. The van der Waals surface area contributed by atoms with Gasteiger partial charge in [0.25, 0.3) is 5.69 Å². The van der Waals surface area contributed by atoms with Crippen molar-refractivity contribution < 1.29 is 22.9 Å². The van der Waals surface area contributed by atoms with Gasteiger partial charge in [0.1, 0.15) is 11.4 Å². The van der Waals surface area contributed by atoms with E-state index in [1.807, 2.05) is 4.90 Å². The SMILES string of the molecule is COc1ccc(S(=O)(=O)NCCNC(=O)C2CCN(c3ccccc3[N+](=O)[O-])CC2)cc1. The molecule has 1 amide bonds. The molecule has 1 heterocycles. The molecule has 1 fully saturated rings. The maximum Gasteiger partial charge on any atom is 0.292 e. The number of benzene rings is 2. The number of nitrogens with one attached hydrogen (secondary N) is 2. The molecular weight excluding hydrogens is 436 g/mol. The smallest absolute Gasteiger partial charge is 0.292 e. The van der Waals surface area contributed by atoms with Gasteiger partial charge in [0.2, 0.25) is 15.9 Å². The Bertz CT molecular complexity index is 1050. The lowest BCUT2D eigenvalue weighted by Gasteiger charge is -2.32. The fourth-order valence-corrected chi connectivity index (χ4v) is 4.65. The number of piperidine rings is 1. The highest BCUT2D eigenvalue weighted by Gasteiger charge is 2.28. The zero-order valence-electron chi connectivity index (χ0n) is 17.7. The van der Waals surface area contributed by atoms with Gasteiger partial charge < -0.3 is 15.0 Å². The number of hydrogen-bond acceptors (Lipinski definition) is 7. The van der Waals surface area contributed by atoms with Gasteiger partial charge in [-0.15, -0.1) is 0 Å². The van der Waals surface area contributed by atoms with E-state index in [1.165, 1.54) is 25.3 Å². The first-order valence-electron chi connectivity index (χ1n) is 10.2. The van der Waals surface area contributed by atoms with Crippen LogP contribution in [0, 0.1) is 16.0 Å². The Kier molecular flexibility index (Phi) is 7.65. The monoisotopic (exact) mass is 462 g/mol. The summed E-state index contributed by atoms with van der Waals surface area (Å²) in [6.45, 7) is 1.30. The summed E-state index contributed by atoms with van der Waals surface area (Å²) in [5, 5.41) is 14.0. The van der Waals surface area contributed by atoms with Crippen LogP contribution in [0.3, 0.4) is 0 Å². The molecule has 0 spiro atoms. The predicted octanol–water partition coefficient (Wildman–Crippen LogP) is 1.91. The second kappa shape index (κ2) is 10.4. The molecule has 0 bridgehead atoms. The Balaban J connectivity index is 1.44. The van der Waals surface area contributed by atoms with Crippen LogP contribution >= 0.6 is 0 Å². The van der Waals surface area contributed by atoms with Crippen LogP contribution in [-0.4, -0.2) is 52.5 Å². The average molecular weight is 463 g/mol. The lowest BCUT2D eigenvalue weighted by molar-refractivity contribution is -0.384. The van der Waals surface area contributed by atoms with Crippen molar-refractivity contribution >= 4 is 27.3 Å². The number of hydrogen-bond donors (Lipinski definition) is 2. The molecule has 1 aliphatic heterocycles. The normalized spacial score (nSPS) is 14.7. The summed E-state index contributed by atoms with van der Waals surface area (Å²) in [4.78, 5) is 25.3. The number of nitro groups is 1. The molecule has 1 saturated heterocycles. The molecule has 0 aromatic heterocycles. The third-order valence-corrected chi connectivity index (χ3v) is 6.85. The van der Waals surface area contributed by atoms with Crippen molar-refractivity contribution in [1.82, 2.24) is 10.0 Å². The summed E-state index contributed by atoms with van der Waals surface area (Å²) in [5.74, 6) is 0.201. The molecule has 2 N–H and O–H groups in total. The molecule has 2 aromatic rings.